The van der Waals surface area contributed by atoms with E-state index in [4.69, 9.17) is 16.3 Å². The lowest BCUT2D eigenvalue weighted by Gasteiger charge is -2.36. The molecule has 3 N–H and O–H groups in total. The highest BCUT2D eigenvalue weighted by Crippen LogP contribution is 2.50. The van der Waals surface area contributed by atoms with Gasteiger partial charge in [-0.1, -0.05) is 23.7 Å². The van der Waals surface area contributed by atoms with Gasteiger partial charge in [0.1, 0.15) is 17.4 Å². The van der Waals surface area contributed by atoms with Crippen LogP contribution in [0.3, 0.4) is 0 Å². The van der Waals surface area contributed by atoms with Crippen molar-refractivity contribution in [2.45, 2.75) is 18.4 Å². The first kappa shape index (κ1) is 31.7. The molecule has 6 rings (SSSR count). The van der Waals surface area contributed by atoms with Crippen molar-refractivity contribution in [3.63, 3.8) is 0 Å². The number of amides is 2. The van der Waals surface area contributed by atoms with Gasteiger partial charge in [0.15, 0.2) is 5.72 Å². The first-order chi connectivity index (χ1) is 22.2. The number of hydrogen-bond acceptors (Lipinski definition) is 5. The van der Waals surface area contributed by atoms with Gasteiger partial charge in [-0.3, -0.25) is 19.3 Å². The fraction of sp³-hybridized carbons (Fsp3) is 0.121. The largest absolute Gasteiger partial charge is 0.497 e. The molecule has 2 amide bonds. The predicted molar refractivity (Wildman–Crippen MR) is 161 cm³/mol. The van der Waals surface area contributed by atoms with E-state index in [1.54, 1.807) is 24.3 Å². The Morgan fingerprint density at radius 2 is 1.70 bits per heavy atom. The number of methoxy groups -OCH3 is 1. The standard InChI is InChI=1S/C33H21ClF5N3O5/c1-47-21-5-2-16(3-6-21)15-42-31(45)27-22-8-9-40-30(44)23(22)14-26(28(27)32(42,46)24-13-19(35)4-7-25(24)34)41-29(43)17-10-18(33(37,38)39)12-20(36)11-17/h2-14,46H,15H2,1H3,(H,40,44)(H,41,43). The maximum atomic E-state index is 14.8. The minimum absolute atomic E-state index is 0.0417. The van der Waals surface area contributed by atoms with Crippen molar-refractivity contribution < 1.29 is 41.4 Å². The van der Waals surface area contributed by atoms with Gasteiger partial charge in [0.2, 0.25) is 0 Å². The Hall–Kier alpha value is -5.27. The number of aliphatic hydroxyl groups is 1. The number of hydrogen-bond donors (Lipinski definition) is 3. The van der Waals surface area contributed by atoms with E-state index in [9.17, 15) is 41.4 Å². The summed E-state index contributed by atoms with van der Waals surface area (Å²) in [5.41, 5.74) is -6.37. The van der Waals surface area contributed by atoms with Crippen molar-refractivity contribution in [3.8, 4) is 5.75 Å². The maximum Gasteiger partial charge on any atom is 0.416 e. The summed E-state index contributed by atoms with van der Waals surface area (Å²) in [5, 5.41) is 14.8. The normalized spacial score (nSPS) is 16.0. The zero-order chi connectivity index (χ0) is 33.8. The summed E-state index contributed by atoms with van der Waals surface area (Å²) < 4.78 is 74.5. The lowest BCUT2D eigenvalue weighted by atomic mass is 9.89. The molecule has 5 aromatic rings. The molecule has 1 unspecified atom stereocenters. The van der Waals surface area contributed by atoms with E-state index >= 15 is 0 Å². The number of aromatic nitrogens is 1. The van der Waals surface area contributed by atoms with Crippen molar-refractivity contribution in [2.75, 3.05) is 12.4 Å². The Labute approximate surface area is 267 Å². The first-order valence-corrected chi connectivity index (χ1v) is 14.1. The number of fused-ring (bicyclic) bond motifs is 3. The Bertz CT molecular complexity index is 2150. The van der Waals surface area contributed by atoms with Gasteiger partial charge >= 0.3 is 6.18 Å². The number of alkyl halides is 3. The molecule has 1 aliphatic heterocycles. The number of halogens is 6. The van der Waals surface area contributed by atoms with Gasteiger partial charge in [0.05, 0.1) is 23.9 Å². The molecule has 1 aromatic heterocycles. The number of pyridine rings is 1. The van der Waals surface area contributed by atoms with Crippen LogP contribution in [-0.4, -0.2) is 33.9 Å². The average Bonchev–Trinajstić information content (AvgIpc) is 3.25. The Kier molecular flexibility index (Phi) is 7.77. The van der Waals surface area contributed by atoms with Crippen LogP contribution in [0.25, 0.3) is 10.8 Å². The molecule has 1 aliphatic rings. The number of carbonyl (C=O) groups excluding carboxylic acids is 2. The van der Waals surface area contributed by atoms with Crippen molar-refractivity contribution in [3.05, 3.63) is 139 Å². The van der Waals surface area contributed by atoms with Crippen molar-refractivity contribution in [1.82, 2.24) is 9.88 Å². The first-order valence-electron chi connectivity index (χ1n) is 13.7. The summed E-state index contributed by atoms with van der Waals surface area (Å²) in [6.45, 7) is -0.308. The second-order valence-electron chi connectivity index (χ2n) is 10.7. The predicted octanol–water partition coefficient (Wildman–Crippen LogP) is 6.59. The van der Waals surface area contributed by atoms with E-state index in [1.165, 1.54) is 19.4 Å². The molecular formula is C33H21ClF5N3O5. The quantitative estimate of drug-likeness (QED) is 0.177. The summed E-state index contributed by atoms with van der Waals surface area (Å²) in [6, 6.07) is 13.2. The van der Waals surface area contributed by atoms with Crippen molar-refractivity contribution in [2.24, 2.45) is 0 Å². The molecule has 0 bridgehead atoms. The molecule has 4 aromatic carbocycles. The van der Waals surface area contributed by atoms with E-state index in [1.807, 2.05) is 0 Å². The van der Waals surface area contributed by atoms with Gasteiger partial charge in [0, 0.05) is 45.2 Å². The molecule has 0 fully saturated rings. The molecule has 0 saturated carbocycles. The lowest BCUT2D eigenvalue weighted by molar-refractivity contribution is -0.137. The summed E-state index contributed by atoms with van der Waals surface area (Å²) >= 11 is 6.49. The average molecular weight is 670 g/mol. The summed E-state index contributed by atoms with van der Waals surface area (Å²) in [5.74, 6) is -3.82. The topological polar surface area (TPSA) is 112 Å². The molecule has 0 saturated heterocycles. The minimum atomic E-state index is -4.99. The zero-order valence-corrected chi connectivity index (χ0v) is 24.8. The fourth-order valence-electron chi connectivity index (χ4n) is 5.66. The van der Waals surface area contributed by atoms with Crippen molar-refractivity contribution >= 4 is 39.9 Å². The molecule has 0 radical (unpaired) electrons. The third-order valence-corrected chi connectivity index (χ3v) is 8.14. The van der Waals surface area contributed by atoms with E-state index in [-0.39, 0.29) is 45.1 Å². The summed E-state index contributed by atoms with van der Waals surface area (Å²) in [4.78, 5) is 44.1. The monoisotopic (exact) mass is 669 g/mol. The minimum Gasteiger partial charge on any atom is -0.497 e. The Morgan fingerprint density at radius 3 is 2.38 bits per heavy atom. The Morgan fingerprint density at radius 1 is 0.979 bits per heavy atom. The molecular weight excluding hydrogens is 649 g/mol. The number of carbonyl (C=O) groups is 2. The molecule has 0 spiro atoms. The van der Waals surface area contributed by atoms with Gasteiger partial charge in [-0.05, 0) is 66.2 Å². The number of ether oxygens (including phenoxy) is 1. The summed E-state index contributed by atoms with van der Waals surface area (Å²) in [7, 11) is 1.46. The van der Waals surface area contributed by atoms with Crippen molar-refractivity contribution in [1.29, 1.82) is 0 Å². The van der Waals surface area contributed by atoms with Crippen LogP contribution < -0.4 is 15.6 Å². The number of aromatic amines is 1. The molecule has 8 nitrogen and oxygen atoms in total. The molecule has 2 heterocycles. The number of H-pyrrole nitrogens is 1. The lowest BCUT2D eigenvalue weighted by Crippen LogP contribution is -2.44. The molecule has 14 heteroatoms. The van der Waals surface area contributed by atoms with Gasteiger partial charge < -0.3 is 20.1 Å². The van der Waals surface area contributed by atoms with Crippen LogP contribution in [0, 0.1) is 11.6 Å². The van der Waals surface area contributed by atoms with E-state index in [0.29, 0.717) is 23.4 Å². The number of nitrogens with zero attached hydrogens (tertiary/aromatic N) is 1. The van der Waals surface area contributed by atoms with E-state index in [2.05, 4.69) is 10.3 Å². The molecule has 1 atom stereocenters. The van der Waals surface area contributed by atoms with Crippen LogP contribution in [0.5, 0.6) is 5.75 Å². The highest BCUT2D eigenvalue weighted by molar-refractivity contribution is 6.31. The highest BCUT2D eigenvalue weighted by Gasteiger charge is 2.53. The van der Waals surface area contributed by atoms with Gasteiger partial charge in [0.25, 0.3) is 17.4 Å². The molecule has 240 valence electrons. The number of nitrogens with one attached hydrogen (secondary N) is 2. The zero-order valence-electron chi connectivity index (χ0n) is 24.0. The molecule has 0 aliphatic carbocycles. The number of benzene rings is 4. The third-order valence-electron chi connectivity index (χ3n) is 7.81. The third kappa shape index (κ3) is 5.47. The molecule has 47 heavy (non-hydrogen) atoms. The van der Waals surface area contributed by atoms with E-state index in [0.717, 1.165) is 29.2 Å². The maximum absolute atomic E-state index is 14.8. The fourth-order valence-corrected chi connectivity index (χ4v) is 5.91. The van der Waals surface area contributed by atoms with Gasteiger partial charge in [-0.2, -0.15) is 13.2 Å². The summed E-state index contributed by atoms with van der Waals surface area (Å²) in [6.07, 6.45) is -3.74. The second kappa shape index (κ2) is 11.5. The van der Waals surface area contributed by atoms with Gasteiger partial charge in [-0.25, -0.2) is 8.78 Å². The van der Waals surface area contributed by atoms with Crippen LogP contribution in [0.15, 0.2) is 83.8 Å². The van der Waals surface area contributed by atoms with Crippen LogP contribution in [0.4, 0.5) is 27.6 Å². The van der Waals surface area contributed by atoms with E-state index < -0.39 is 57.7 Å². The van der Waals surface area contributed by atoms with Crippen LogP contribution >= 0.6 is 11.6 Å². The number of anilines is 1. The smallest absolute Gasteiger partial charge is 0.416 e. The van der Waals surface area contributed by atoms with Crippen LogP contribution in [0.2, 0.25) is 5.02 Å². The highest BCUT2D eigenvalue weighted by atomic mass is 35.5. The van der Waals surface area contributed by atoms with Gasteiger partial charge in [-0.15, -0.1) is 0 Å². The SMILES string of the molecule is COc1ccc(CN2C(=O)c3c(c(NC(=O)c4cc(F)cc(C(F)(F)F)c4)cc4c(=O)[nH]ccc34)C2(O)c2cc(F)ccc2Cl)cc1. The Balaban J connectivity index is 1.61. The second-order valence-corrected chi connectivity index (χ2v) is 11.1. The van der Waals surface area contributed by atoms with Crippen LogP contribution in [-0.2, 0) is 18.4 Å². The van der Waals surface area contributed by atoms with Crippen LogP contribution in [0.1, 0.15) is 43.0 Å². The number of rotatable bonds is 6.